The third kappa shape index (κ3) is 2.38. The van der Waals surface area contributed by atoms with Gasteiger partial charge in [-0.2, -0.15) is 0 Å². The van der Waals surface area contributed by atoms with E-state index in [0.29, 0.717) is 5.92 Å². The lowest BCUT2D eigenvalue weighted by Gasteiger charge is -2.43. The SMILES string of the molecule is CC(C(=O)N1CCCCC1)N1CC(CO)C1. The van der Waals surface area contributed by atoms with Gasteiger partial charge in [-0.25, -0.2) is 0 Å². The molecule has 2 fully saturated rings. The number of amides is 1. The van der Waals surface area contributed by atoms with Gasteiger partial charge in [0.15, 0.2) is 0 Å². The number of carbonyl (C=O) groups is 1. The number of piperidine rings is 1. The summed E-state index contributed by atoms with van der Waals surface area (Å²) in [6.45, 7) is 5.85. The summed E-state index contributed by atoms with van der Waals surface area (Å²) in [4.78, 5) is 16.3. The zero-order valence-electron chi connectivity index (χ0n) is 10.1. The first-order valence-electron chi connectivity index (χ1n) is 6.36. The molecule has 0 bridgehead atoms. The Morgan fingerprint density at radius 2 is 1.94 bits per heavy atom. The van der Waals surface area contributed by atoms with Gasteiger partial charge in [-0.15, -0.1) is 0 Å². The van der Waals surface area contributed by atoms with Gasteiger partial charge in [-0.3, -0.25) is 9.69 Å². The Bertz CT molecular complexity index is 245. The fourth-order valence-corrected chi connectivity index (χ4v) is 2.58. The van der Waals surface area contributed by atoms with E-state index in [-0.39, 0.29) is 18.6 Å². The molecule has 2 rings (SSSR count). The lowest BCUT2D eigenvalue weighted by atomic mass is 9.98. The number of nitrogens with zero attached hydrogens (tertiary/aromatic N) is 2. The minimum Gasteiger partial charge on any atom is -0.396 e. The molecule has 92 valence electrons. The Labute approximate surface area is 97.2 Å². The van der Waals surface area contributed by atoms with Crippen LogP contribution in [-0.2, 0) is 4.79 Å². The highest BCUT2D eigenvalue weighted by Crippen LogP contribution is 2.20. The molecule has 0 spiro atoms. The standard InChI is InChI=1S/C12H22N2O2/c1-10(14-7-11(8-14)9-15)12(16)13-5-3-2-4-6-13/h10-11,15H,2-9H2,1H3. The largest absolute Gasteiger partial charge is 0.396 e. The third-order valence-electron chi connectivity index (χ3n) is 3.82. The normalized spacial score (nSPS) is 25.2. The molecule has 0 aromatic rings. The molecule has 4 nitrogen and oxygen atoms in total. The van der Waals surface area contributed by atoms with E-state index in [0.717, 1.165) is 39.0 Å². The fraction of sp³-hybridized carbons (Fsp3) is 0.917. The molecule has 16 heavy (non-hydrogen) atoms. The quantitative estimate of drug-likeness (QED) is 0.753. The Balaban J connectivity index is 1.80. The molecular weight excluding hydrogens is 204 g/mol. The first-order chi connectivity index (χ1) is 7.72. The van der Waals surface area contributed by atoms with Crippen molar-refractivity contribution in [2.24, 2.45) is 5.92 Å². The van der Waals surface area contributed by atoms with Crippen LogP contribution in [0.1, 0.15) is 26.2 Å². The van der Waals surface area contributed by atoms with Gasteiger partial charge in [0.25, 0.3) is 0 Å². The average Bonchev–Trinajstić information content (AvgIpc) is 2.27. The molecule has 0 radical (unpaired) electrons. The maximum atomic E-state index is 12.1. The first kappa shape index (κ1) is 11.9. The summed E-state index contributed by atoms with van der Waals surface area (Å²) in [5.41, 5.74) is 0. The van der Waals surface area contributed by atoms with Crippen LogP contribution in [0.25, 0.3) is 0 Å². The predicted octanol–water partition coefficient (Wildman–Crippen LogP) is 0.311. The van der Waals surface area contributed by atoms with Crippen LogP contribution >= 0.6 is 0 Å². The summed E-state index contributed by atoms with van der Waals surface area (Å²) in [5, 5.41) is 8.95. The molecule has 2 saturated heterocycles. The van der Waals surface area contributed by atoms with Crippen LogP contribution in [0, 0.1) is 5.92 Å². The maximum absolute atomic E-state index is 12.1. The van der Waals surface area contributed by atoms with Crippen molar-refractivity contribution in [2.45, 2.75) is 32.2 Å². The second-order valence-electron chi connectivity index (χ2n) is 5.06. The molecule has 2 aliphatic heterocycles. The average molecular weight is 226 g/mol. The number of hydrogen-bond acceptors (Lipinski definition) is 3. The number of aliphatic hydroxyl groups is 1. The number of hydrogen-bond donors (Lipinski definition) is 1. The van der Waals surface area contributed by atoms with Crippen LogP contribution in [0.2, 0.25) is 0 Å². The molecule has 0 aromatic heterocycles. The highest BCUT2D eigenvalue weighted by molar-refractivity contribution is 5.81. The molecule has 2 heterocycles. The van der Waals surface area contributed by atoms with Crippen molar-refractivity contribution >= 4 is 5.91 Å². The van der Waals surface area contributed by atoms with Gasteiger partial charge < -0.3 is 10.0 Å². The summed E-state index contributed by atoms with van der Waals surface area (Å²) < 4.78 is 0. The van der Waals surface area contributed by atoms with Gasteiger partial charge in [0.2, 0.25) is 5.91 Å². The fourth-order valence-electron chi connectivity index (χ4n) is 2.58. The Hall–Kier alpha value is -0.610. The number of aliphatic hydroxyl groups excluding tert-OH is 1. The lowest BCUT2D eigenvalue weighted by molar-refractivity contribution is -0.140. The highest BCUT2D eigenvalue weighted by Gasteiger charge is 2.34. The van der Waals surface area contributed by atoms with Crippen LogP contribution in [0.3, 0.4) is 0 Å². The number of rotatable bonds is 3. The number of likely N-dealkylation sites (tertiary alicyclic amines) is 2. The Kier molecular flexibility index (Phi) is 3.82. The molecule has 4 heteroatoms. The van der Waals surface area contributed by atoms with Crippen molar-refractivity contribution < 1.29 is 9.90 Å². The van der Waals surface area contributed by atoms with E-state index in [2.05, 4.69) is 4.90 Å². The topological polar surface area (TPSA) is 43.8 Å². The summed E-state index contributed by atoms with van der Waals surface area (Å²) in [6.07, 6.45) is 3.56. The molecular formula is C12H22N2O2. The summed E-state index contributed by atoms with van der Waals surface area (Å²) >= 11 is 0. The second kappa shape index (κ2) is 5.15. The summed E-state index contributed by atoms with van der Waals surface area (Å²) in [7, 11) is 0. The summed E-state index contributed by atoms with van der Waals surface area (Å²) in [6, 6.07) is 0.000833. The minimum absolute atomic E-state index is 0.000833. The van der Waals surface area contributed by atoms with Crippen LogP contribution in [0.15, 0.2) is 0 Å². The molecule has 2 aliphatic rings. The van der Waals surface area contributed by atoms with Crippen LogP contribution < -0.4 is 0 Å². The van der Waals surface area contributed by atoms with Crippen molar-refractivity contribution in [3.05, 3.63) is 0 Å². The van der Waals surface area contributed by atoms with E-state index < -0.39 is 0 Å². The summed E-state index contributed by atoms with van der Waals surface area (Å²) in [5.74, 6) is 0.660. The van der Waals surface area contributed by atoms with Crippen LogP contribution in [0.4, 0.5) is 0 Å². The van der Waals surface area contributed by atoms with Gasteiger partial charge in [0.1, 0.15) is 0 Å². The van der Waals surface area contributed by atoms with E-state index in [1.54, 1.807) is 0 Å². The first-order valence-corrected chi connectivity index (χ1v) is 6.36. The van der Waals surface area contributed by atoms with Gasteiger partial charge in [-0.1, -0.05) is 0 Å². The Morgan fingerprint density at radius 1 is 1.31 bits per heavy atom. The zero-order valence-corrected chi connectivity index (χ0v) is 10.1. The van der Waals surface area contributed by atoms with Crippen molar-refractivity contribution in [1.82, 2.24) is 9.80 Å². The molecule has 1 amide bonds. The van der Waals surface area contributed by atoms with E-state index >= 15 is 0 Å². The molecule has 0 aliphatic carbocycles. The van der Waals surface area contributed by atoms with Crippen LogP contribution in [-0.4, -0.2) is 59.6 Å². The molecule has 1 N–H and O–H groups in total. The molecule has 1 unspecified atom stereocenters. The lowest BCUT2D eigenvalue weighted by Crippen LogP contribution is -2.57. The number of carbonyl (C=O) groups excluding carboxylic acids is 1. The smallest absolute Gasteiger partial charge is 0.239 e. The zero-order chi connectivity index (χ0) is 11.5. The highest BCUT2D eigenvalue weighted by atomic mass is 16.3. The van der Waals surface area contributed by atoms with Gasteiger partial charge in [-0.05, 0) is 26.2 Å². The van der Waals surface area contributed by atoms with Gasteiger partial charge >= 0.3 is 0 Å². The Morgan fingerprint density at radius 3 is 2.50 bits per heavy atom. The molecule has 1 atom stereocenters. The maximum Gasteiger partial charge on any atom is 0.239 e. The van der Waals surface area contributed by atoms with Gasteiger partial charge in [0, 0.05) is 38.7 Å². The predicted molar refractivity (Wildman–Crippen MR) is 62.0 cm³/mol. The second-order valence-corrected chi connectivity index (χ2v) is 5.06. The van der Waals surface area contributed by atoms with E-state index in [1.807, 2.05) is 11.8 Å². The van der Waals surface area contributed by atoms with Crippen molar-refractivity contribution in [3.8, 4) is 0 Å². The van der Waals surface area contributed by atoms with Crippen LogP contribution in [0.5, 0.6) is 0 Å². The monoisotopic (exact) mass is 226 g/mol. The molecule has 0 aromatic carbocycles. The van der Waals surface area contributed by atoms with Crippen molar-refractivity contribution in [2.75, 3.05) is 32.8 Å². The molecule has 0 saturated carbocycles. The third-order valence-corrected chi connectivity index (χ3v) is 3.82. The van der Waals surface area contributed by atoms with Crippen molar-refractivity contribution in [1.29, 1.82) is 0 Å². The van der Waals surface area contributed by atoms with E-state index in [4.69, 9.17) is 5.11 Å². The van der Waals surface area contributed by atoms with Gasteiger partial charge in [0.05, 0.1) is 6.04 Å². The minimum atomic E-state index is 0.000833. The van der Waals surface area contributed by atoms with E-state index in [1.165, 1.54) is 6.42 Å². The van der Waals surface area contributed by atoms with E-state index in [9.17, 15) is 4.79 Å². The van der Waals surface area contributed by atoms with Crippen molar-refractivity contribution in [3.63, 3.8) is 0 Å².